The number of rotatable bonds is 2. The first-order valence-electron chi connectivity index (χ1n) is 6.27. The molecule has 1 aliphatic heterocycles. The van der Waals surface area contributed by atoms with Crippen LogP contribution in [0.3, 0.4) is 0 Å². The van der Waals surface area contributed by atoms with E-state index in [4.69, 9.17) is 0 Å². The Kier molecular flexibility index (Phi) is 3.79. The Bertz CT molecular complexity index is 451. The Morgan fingerprint density at radius 2 is 2.17 bits per heavy atom. The van der Waals surface area contributed by atoms with Crippen molar-refractivity contribution in [2.24, 2.45) is 5.92 Å². The molecule has 0 aromatic heterocycles. The quantitative estimate of drug-likeness (QED) is 0.599. The molecule has 0 saturated carbocycles. The Morgan fingerprint density at radius 3 is 2.89 bits per heavy atom. The average Bonchev–Trinajstić information content (AvgIpc) is 2.53. The van der Waals surface area contributed by atoms with Crippen molar-refractivity contribution in [3.63, 3.8) is 0 Å². The van der Waals surface area contributed by atoms with Crippen LogP contribution in [0.2, 0.25) is 0 Å². The zero-order valence-corrected chi connectivity index (χ0v) is 10.4. The van der Waals surface area contributed by atoms with E-state index >= 15 is 0 Å². The number of nitro benzene ring substituents is 1. The molecular formula is C13H17FN2O2. The van der Waals surface area contributed by atoms with Crippen molar-refractivity contribution in [1.82, 2.24) is 0 Å². The van der Waals surface area contributed by atoms with Crippen LogP contribution in [-0.2, 0) is 0 Å². The fourth-order valence-electron chi connectivity index (χ4n) is 2.44. The second-order valence-corrected chi connectivity index (χ2v) is 4.89. The highest BCUT2D eigenvalue weighted by molar-refractivity contribution is 5.63. The van der Waals surface area contributed by atoms with E-state index in [1.54, 1.807) is 6.07 Å². The smallest absolute Gasteiger partial charge is 0.327 e. The normalized spacial score (nSPS) is 20.6. The Hall–Kier alpha value is -1.65. The minimum absolute atomic E-state index is 0.396. The van der Waals surface area contributed by atoms with Crippen LogP contribution in [0, 0.1) is 21.8 Å². The van der Waals surface area contributed by atoms with E-state index in [-0.39, 0.29) is 0 Å². The molecular weight excluding hydrogens is 235 g/mol. The van der Waals surface area contributed by atoms with Crippen molar-refractivity contribution in [1.29, 1.82) is 0 Å². The first kappa shape index (κ1) is 12.8. The Labute approximate surface area is 106 Å². The fraction of sp³-hybridized carbons (Fsp3) is 0.538. The number of hydrogen-bond acceptors (Lipinski definition) is 3. The molecule has 1 atom stereocenters. The van der Waals surface area contributed by atoms with Crippen molar-refractivity contribution in [3.8, 4) is 0 Å². The lowest BCUT2D eigenvalue weighted by molar-refractivity contribution is -0.386. The first-order valence-corrected chi connectivity index (χ1v) is 6.27. The van der Waals surface area contributed by atoms with Gasteiger partial charge in [0.25, 0.3) is 0 Å². The summed E-state index contributed by atoms with van der Waals surface area (Å²) in [7, 11) is 0. The SMILES string of the molecule is CC1CCCN(c2cccc(F)c2[N+](=O)[O-])CC1. The van der Waals surface area contributed by atoms with Gasteiger partial charge in [0.05, 0.1) is 4.92 Å². The van der Waals surface area contributed by atoms with Crippen LogP contribution >= 0.6 is 0 Å². The van der Waals surface area contributed by atoms with Gasteiger partial charge in [-0.05, 0) is 37.3 Å². The van der Waals surface area contributed by atoms with Gasteiger partial charge in [-0.3, -0.25) is 10.1 Å². The summed E-state index contributed by atoms with van der Waals surface area (Å²) < 4.78 is 13.6. The maximum absolute atomic E-state index is 13.6. The zero-order valence-electron chi connectivity index (χ0n) is 10.4. The van der Waals surface area contributed by atoms with E-state index in [1.807, 2.05) is 4.90 Å². The Morgan fingerprint density at radius 1 is 1.39 bits per heavy atom. The molecule has 1 unspecified atom stereocenters. The third kappa shape index (κ3) is 2.60. The fourth-order valence-corrected chi connectivity index (χ4v) is 2.44. The third-order valence-corrected chi connectivity index (χ3v) is 3.51. The number of anilines is 1. The Balaban J connectivity index is 2.32. The molecule has 98 valence electrons. The number of para-hydroxylation sites is 1. The topological polar surface area (TPSA) is 46.4 Å². The highest BCUT2D eigenvalue weighted by atomic mass is 19.1. The summed E-state index contributed by atoms with van der Waals surface area (Å²) in [5, 5.41) is 11.0. The van der Waals surface area contributed by atoms with E-state index < -0.39 is 16.4 Å². The van der Waals surface area contributed by atoms with Crippen LogP contribution < -0.4 is 4.90 Å². The summed E-state index contributed by atoms with van der Waals surface area (Å²) in [5.74, 6) is -0.127. The van der Waals surface area contributed by atoms with E-state index in [0.717, 1.165) is 38.4 Å². The first-order chi connectivity index (χ1) is 8.59. The molecule has 1 heterocycles. The lowest BCUT2D eigenvalue weighted by atomic mass is 10.0. The standard InChI is InChI=1S/C13H17FN2O2/c1-10-4-3-8-15(9-7-10)12-6-2-5-11(14)13(12)16(17)18/h2,5-6,10H,3-4,7-9H2,1H3. The molecule has 0 N–H and O–H groups in total. The molecule has 0 radical (unpaired) electrons. The van der Waals surface area contributed by atoms with E-state index in [1.165, 1.54) is 6.07 Å². The van der Waals surface area contributed by atoms with Gasteiger partial charge in [0, 0.05) is 13.1 Å². The maximum Gasteiger partial charge on any atom is 0.327 e. The molecule has 1 aliphatic rings. The van der Waals surface area contributed by atoms with E-state index in [9.17, 15) is 14.5 Å². The van der Waals surface area contributed by atoms with E-state index in [2.05, 4.69) is 6.92 Å². The van der Waals surface area contributed by atoms with Crippen LogP contribution in [0.1, 0.15) is 26.2 Å². The monoisotopic (exact) mass is 252 g/mol. The summed E-state index contributed by atoms with van der Waals surface area (Å²) >= 11 is 0. The van der Waals surface area contributed by atoms with Gasteiger partial charge in [0.1, 0.15) is 5.69 Å². The average molecular weight is 252 g/mol. The zero-order chi connectivity index (χ0) is 13.1. The molecule has 5 heteroatoms. The molecule has 1 aromatic carbocycles. The molecule has 1 aromatic rings. The largest absolute Gasteiger partial charge is 0.366 e. The molecule has 18 heavy (non-hydrogen) atoms. The van der Waals surface area contributed by atoms with Crippen LogP contribution in [0.5, 0.6) is 0 Å². The summed E-state index contributed by atoms with van der Waals surface area (Å²) in [6, 6.07) is 4.31. The molecule has 0 bridgehead atoms. The molecule has 0 aliphatic carbocycles. The van der Waals surface area contributed by atoms with Crippen molar-refractivity contribution in [2.45, 2.75) is 26.2 Å². The predicted octanol–water partition coefficient (Wildman–Crippen LogP) is 3.36. The summed E-state index contributed by atoms with van der Waals surface area (Å²) in [6.07, 6.45) is 3.11. The van der Waals surface area contributed by atoms with Gasteiger partial charge in [0.15, 0.2) is 0 Å². The second kappa shape index (κ2) is 5.33. The van der Waals surface area contributed by atoms with Crippen molar-refractivity contribution >= 4 is 11.4 Å². The van der Waals surface area contributed by atoms with Crippen LogP contribution in [-0.4, -0.2) is 18.0 Å². The van der Waals surface area contributed by atoms with Crippen molar-refractivity contribution in [3.05, 3.63) is 34.1 Å². The highest BCUT2D eigenvalue weighted by Crippen LogP contribution is 2.32. The second-order valence-electron chi connectivity index (χ2n) is 4.89. The van der Waals surface area contributed by atoms with Crippen molar-refractivity contribution in [2.75, 3.05) is 18.0 Å². The number of halogens is 1. The van der Waals surface area contributed by atoms with Gasteiger partial charge in [-0.25, -0.2) is 0 Å². The lowest BCUT2D eigenvalue weighted by Gasteiger charge is -2.22. The number of nitro groups is 1. The summed E-state index contributed by atoms with van der Waals surface area (Å²) in [6.45, 7) is 3.70. The van der Waals surface area contributed by atoms with Crippen LogP contribution in [0.25, 0.3) is 0 Å². The third-order valence-electron chi connectivity index (χ3n) is 3.51. The van der Waals surface area contributed by atoms with Gasteiger partial charge in [0.2, 0.25) is 5.82 Å². The number of benzene rings is 1. The molecule has 2 rings (SSSR count). The van der Waals surface area contributed by atoms with Gasteiger partial charge in [-0.15, -0.1) is 0 Å². The molecule has 1 fully saturated rings. The summed E-state index contributed by atoms with van der Waals surface area (Å²) in [4.78, 5) is 12.3. The molecule has 4 nitrogen and oxygen atoms in total. The predicted molar refractivity (Wildman–Crippen MR) is 68.3 cm³/mol. The van der Waals surface area contributed by atoms with Gasteiger partial charge >= 0.3 is 5.69 Å². The summed E-state index contributed by atoms with van der Waals surface area (Å²) in [5.41, 5.74) is 0.0150. The van der Waals surface area contributed by atoms with Crippen molar-refractivity contribution < 1.29 is 9.31 Å². The molecule has 1 saturated heterocycles. The minimum Gasteiger partial charge on any atom is -0.366 e. The van der Waals surface area contributed by atoms with Crippen LogP contribution in [0.4, 0.5) is 15.8 Å². The van der Waals surface area contributed by atoms with Gasteiger partial charge < -0.3 is 4.90 Å². The van der Waals surface area contributed by atoms with Gasteiger partial charge in [-0.2, -0.15) is 4.39 Å². The van der Waals surface area contributed by atoms with Crippen LogP contribution in [0.15, 0.2) is 18.2 Å². The van der Waals surface area contributed by atoms with Gasteiger partial charge in [-0.1, -0.05) is 13.0 Å². The van der Waals surface area contributed by atoms with E-state index in [0.29, 0.717) is 11.6 Å². The lowest BCUT2D eigenvalue weighted by Crippen LogP contribution is -2.25. The number of hydrogen-bond donors (Lipinski definition) is 0. The molecule has 0 amide bonds. The minimum atomic E-state index is -0.755. The maximum atomic E-state index is 13.6. The molecule has 0 spiro atoms. The highest BCUT2D eigenvalue weighted by Gasteiger charge is 2.25. The number of nitrogens with zero attached hydrogens (tertiary/aromatic N) is 2.